The van der Waals surface area contributed by atoms with E-state index in [0.717, 1.165) is 48.4 Å². The number of hydrogen-bond acceptors (Lipinski definition) is 4. The molecular formula is C26H32FNO4. The van der Waals surface area contributed by atoms with Crippen molar-refractivity contribution in [3.05, 3.63) is 70.8 Å². The number of likely N-dealkylation sites (tertiary alicyclic amines) is 1. The molecule has 5 nitrogen and oxygen atoms in total. The maximum absolute atomic E-state index is 13.7. The highest BCUT2D eigenvalue weighted by molar-refractivity contribution is 5.80. The number of carbonyl (C=O) groups is 1. The summed E-state index contributed by atoms with van der Waals surface area (Å²) in [6, 6.07) is 5.97. The molecule has 32 heavy (non-hydrogen) atoms. The molecule has 0 radical (unpaired) electrons. The first kappa shape index (κ1) is 23.8. The van der Waals surface area contributed by atoms with Crippen LogP contribution in [0, 0.1) is 5.41 Å². The third-order valence-corrected chi connectivity index (χ3v) is 6.00. The van der Waals surface area contributed by atoms with Crippen molar-refractivity contribution in [3.8, 4) is 5.75 Å². The summed E-state index contributed by atoms with van der Waals surface area (Å²) in [5.41, 5.74) is 3.72. The Morgan fingerprint density at radius 1 is 1.31 bits per heavy atom. The van der Waals surface area contributed by atoms with Crippen molar-refractivity contribution in [1.29, 1.82) is 0 Å². The zero-order valence-electron chi connectivity index (χ0n) is 19.3. The number of ether oxygens (including phenoxy) is 2. The van der Waals surface area contributed by atoms with E-state index < -0.39 is 11.4 Å². The van der Waals surface area contributed by atoms with Crippen molar-refractivity contribution in [2.24, 2.45) is 5.41 Å². The predicted octanol–water partition coefficient (Wildman–Crippen LogP) is 5.50. The number of nitrogens with zero attached hydrogens (tertiary/aromatic N) is 1. The first-order chi connectivity index (χ1) is 15.2. The molecule has 1 aromatic carbocycles. The lowest BCUT2D eigenvalue weighted by molar-refractivity contribution is -0.148. The van der Waals surface area contributed by atoms with Crippen molar-refractivity contribution in [1.82, 2.24) is 4.90 Å². The summed E-state index contributed by atoms with van der Waals surface area (Å²) < 4.78 is 25.0. The van der Waals surface area contributed by atoms with Gasteiger partial charge in [0.25, 0.3) is 0 Å². The van der Waals surface area contributed by atoms with Crippen LogP contribution in [0.1, 0.15) is 44.7 Å². The van der Waals surface area contributed by atoms with Gasteiger partial charge in [-0.3, -0.25) is 4.79 Å². The van der Waals surface area contributed by atoms with Crippen LogP contribution in [-0.4, -0.2) is 42.7 Å². The molecule has 1 N–H and O–H groups in total. The SMILES string of the molecule is C/C=C(F)\C=C/C1=CC(=C2CCN(CC(C)(C)C(=O)O)CC2)c2ccc(OC)cc2CO1. The number of halogens is 1. The van der Waals surface area contributed by atoms with Crippen molar-refractivity contribution < 1.29 is 23.8 Å². The van der Waals surface area contributed by atoms with Crippen LogP contribution >= 0.6 is 0 Å². The molecule has 0 atom stereocenters. The average Bonchev–Trinajstić information content (AvgIpc) is 2.96. The molecule has 0 bridgehead atoms. The molecule has 1 aromatic rings. The fraction of sp³-hybridized carbons (Fsp3) is 0.423. The van der Waals surface area contributed by atoms with Crippen molar-refractivity contribution in [2.75, 3.05) is 26.7 Å². The van der Waals surface area contributed by atoms with Crippen LogP contribution in [0.4, 0.5) is 4.39 Å². The minimum absolute atomic E-state index is 0.318. The molecule has 1 fully saturated rings. The van der Waals surface area contributed by atoms with Gasteiger partial charge in [0.1, 0.15) is 23.9 Å². The van der Waals surface area contributed by atoms with Crippen LogP contribution in [0.25, 0.3) is 5.57 Å². The second-order valence-corrected chi connectivity index (χ2v) is 8.85. The molecular weight excluding hydrogens is 409 g/mol. The van der Waals surface area contributed by atoms with Crippen molar-refractivity contribution in [2.45, 2.75) is 40.2 Å². The number of benzene rings is 1. The maximum Gasteiger partial charge on any atom is 0.310 e. The highest BCUT2D eigenvalue weighted by atomic mass is 19.1. The number of allylic oxidation sites excluding steroid dienone is 6. The summed E-state index contributed by atoms with van der Waals surface area (Å²) in [5, 5.41) is 9.44. The zero-order chi connectivity index (χ0) is 23.3. The van der Waals surface area contributed by atoms with Gasteiger partial charge in [-0.2, -0.15) is 0 Å². The molecule has 2 aliphatic heterocycles. The molecule has 0 aromatic heterocycles. The topological polar surface area (TPSA) is 59.0 Å². The number of hydrogen-bond donors (Lipinski definition) is 1. The smallest absolute Gasteiger partial charge is 0.310 e. The molecule has 2 heterocycles. The second-order valence-electron chi connectivity index (χ2n) is 8.85. The monoisotopic (exact) mass is 441 g/mol. The summed E-state index contributed by atoms with van der Waals surface area (Å²) in [7, 11) is 1.64. The van der Waals surface area contributed by atoms with E-state index in [0.29, 0.717) is 18.9 Å². The summed E-state index contributed by atoms with van der Waals surface area (Å²) >= 11 is 0. The molecule has 0 spiro atoms. The highest BCUT2D eigenvalue weighted by Crippen LogP contribution is 2.36. The van der Waals surface area contributed by atoms with Crippen molar-refractivity contribution >= 4 is 11.5 Å². The third kappa shape index (κ3) is 5.68. The van der Waals surface area contributed by atoms with Crippen LogP contribution in [-0.2, 0) is 16.1 Å². The number of piperidine rings is 1. The van der Waals surface area contributed by atoms with Gasteiger partial charge in [-0.25, -0.2) is 4.39 Å². The number of rotatable bonds is 6. The number of aliphatic carboxylic acids is 1. The minimum atomic E-state index is -0.779. The van der Waals surface area contributed by atoms with Gasteiger partial charge in [0.05, 0.1) is 12.5 Å². The molecule has 6 heteroatoms. The van der Waals surface area contributed by atoms with E-state index >= 15 is 0 Å². The van der Waals surface area contributed by atoms with Gasteiger partial charge in [0, 0.05) is 25.2 Å². The van der Waals surface area contributed by atoms with E-state index in [1.165, 1.54) is 17.7 Å². The van der Waals surface area contributed by atoms with Gasteiger partial charge in [0.2, 0.25) is 0 Å². The zero-order valence-corrected chi connectivity index (χ0v) is 19.3. The largest absolute Gasteiger partial charge is 0.497 e. The molecule has 172 valence electrons. The summed E-state index contributed by atoms with van der Waals surface area (Å²) in [6.45, 7) is 7.67. The average molecular weight is 442 g/mol. The van der Waals surface area contributed by atoms with E-state index in [1.54, 1.807) is 34.0 Å². The maximum atomic E-state index is 13.7. The number of methoxy groups -OCH3 is 1. The van der Waals surface area contributed by atoms with Crippen LogP contribution < -0.4 is 4.74 Å². The van der Waals surface area contributed by atoms with Gasteiger partial charge >= 0.3 is 5.97 Å². The number of carboxylic acid groups (broad SMARTS) is 1. The van der Waals surface area contributed by atoms with Crippen LogP contribution in [0.3, 0.4) is 0 Å². The Kier molecular flexibility index (Phi) is 7.56. The minimum Gasteiger partial charge on any atom is -0.497 e. The quantitative estimate of drug-likeness (QED) is 0.591. The lowest BCUT2D eigenvalue weighted by Gasteiger charge is -2.34. The van der Waals surface area contributed by atoms with E-state index in [-0.39, 0.29) is 5.83 Å². The fourth-order valence-electron chi connectivity index (χ4n) is 4.03. The number of fused-ring (bicyclic) bond motifs is 1. The Balaban J connectivity index is 1.92. The van der Waals surface area contributed by atoms with E-state index in [9.17, 15) is 14.3 Å². The Bertz CT molecular complexity index is 978. The molecule has 3 rings (SSSR count). The molecule has 0 aliphatic carbocycles. The van der Waals surface area contributed by atoms with E-state index in [2.05, 4.69) is 11.0 Å². The lowest BCUT2D eigenvalue weighted by atomic mass is 9.88. The van der Waals surface area contributed by atoms with E-state index in [1.807, 2.05) is 18.2 Å². The fourth-order valence-corrected chi connectivity index (χ4v) is 4.03. The first-order valence-electron chi connectivity index (χ1n) is 10.9. The van der Waals surface area contributed by atoms with E-state index in [4.69, 9.17) is 9.47 Å². The standard InChI is InChI=1S/C26H32FNO4/c1-5-20(27)6-7-22-15-24(23-9-8-21(31-4)14-19(23)16-32-22)18-10-12-28(13-11-18)17-26(2,3)25(29)30/h5-9,14-15H,10-13,16-17H2,1-4H3,(H,29,30)/b7-6-,20-5+. The van der Waals surface area contributed by atoms with Crippen LogP contribution in [0.2, 0.25) is 0 Å². The molecule has 1 saturated heterocycles. The normalized spacial score (nSPS) is 18.2. The Hall–Kier alpha value is -2.86. The molecule has 0 amide bonds. The van der Waals surface area contributed by atoms with Crippen LogP contribution in [0.5, 0.6) is 5.75 Å². The summed E-state index contributed by atoms with van der Waals surface area (Å²) in [4.78, 5) is 13.7. The predicted molar refractivity (Wildman–Crippen MR) is 124 cm³/mol. The highest BCUT2D eigenvalue weighted by Gasteiger charge is 2.31. The Morgan fingerprint density at radius 3 is 2.66 bits per heavy atom. The second kappa shape index (κ2) is 10.2. The van der Waals surface area contributed by atoms with Gasteiger partial charge in [0.15, 0.2) is 0 Å². The van der Waals surface area contributed by atoms with Gasteiger partial charge in [-0.05, 0) is 75.1 Å². The molecule has 0 unspecified atom stereocenters. The Labute approximate surface area is 189 Å². The molecule has 2 aliphatic rings. The summed E-state index contributed by atoms with van der Waals surface area (Å²) in [5.74, 6) is 0.273. The van der Waals surface area contributed by atoms with Crippen LogP contribution in [0.15, 0.2) is 59.7 Å². The van der Waals surface area contributed by atoms with Gasteiger partial charge < -0.3 is 19.5 Å². The first-order valence-corrected chi connectivity index (χ1v) is 10.9. The Morgan fingerprint density at radius 2 is 2.03 bits per heavy atom. The third-order valence-electron chi connectivity index (χ3n) is 6.00. The number of carboxylic acids is 1. The van der Waals surface area contributed by atoms with Crippen molar-refractivity contribution in [3.63, 3.8) is 0 Å². The van der Waals surface area contributed by atoms with Gasteiger partial charge in [-0.15, -0.1) is 0 Å². The molecule has 0 saturated carbocycles. The lowest BCUT2D eigenvalue weighted by Crippen LogP contribution is -2.42. The van der Waals surface area contributed by atoms with Gasteiger partial charge in [-0.1, -0.05) is 17.7 Å². The summed E-state index contributed by atoms with van der Waals surface area (Å²) in [6.07, 6.45) is 8.14.